The quantitative estimate of drug-likeness (QED) is 0.819. The lowest BCUT2D eigenvalue weighted by Gasteiger charge is -2.09. The van der Waals surface area contributed by atoms with Crippen LogP contribution < -0.4 is 15.2 Å². The largest absolute Gasteiger partial charge is 0.490 e. The Bertz CT molecular complexity index is 560. The molecule has 2 N–H and O–H groups in total. The van der Waals surface area contributed by atoms with Crippen LogP contribution in [0.4, 0.5) is 4.39 Å². The second-order valence-corrected chi connectivity index (χ2v) is 4.98. The lowest BCUT2D eigenvalue weighted by atomic mass is 10.2. The second-order valence-electron chi connectivity index (χ2n) is 4.12. The van der Waals surface area contributed by atoms with E-state index in [2.05, 4.69) is 15.9 Å². The highest BCUT2D eigenvalue weighted by molar-refractivity contribution is 9.10. The monoisotopic (exact) mass is 339 g/mol. The molecule has 3 nitrogen and oxygen atoms in total. The Hall–Kier alpha value is -1.59. The van der Waals surface area contributed by atoms with Gasteiger partial charge in [0, 0.05) is 12.6 Å². The molecule has 0 fully saturated rings. The molecule has 0 atom stereocenters. The van der Waals surface area contributed by atoms with E-state index in [1.165, 1.54) is 6.07 Å². The van der Waals surface area contributed by atoms with Crippen LogP contribution in [0.3, 0.4) is 0 Å². The predicted molar refractivity (Wildman–Crippen MR) is 79.4 cm³/mol. The van der Waals surface area contributed by atoms with E-state index in [1.54, 1.807) is 12.1 Å². The number of hydrogen-bond acceptors (Lipinski definition) is 3. The molecule has 0 saturated carbocycles. The average Bonchev–Trinajstić information content (AvgIpc) is 2.48. The minimum absolute atomic E-state index is 0.346. The van der Waals surface area contributed by atoms with Crippen molar-refractivity contribution in [2.75, 3.05) is 13.2 Å². The van der Waals surface area contributed by atoms with Crippen molar-refractivity contribution < 1.29 is 13.9 Å². The second kappa shape index (κ2) is 7.26. The lowest BCUT2D eigenvalue weighted by Crippen LogP contribution is -2.09. The molecule has 5 heteroatoms. The Kier molecular flexibility index (Phi) is 5.38. The molecule has 0 saturated heterocycles. The fourth-order valence-corrected chi connectivity index (χ4v) is 1.85. The summed E-state index contributed by atoms with van der Waals surface area (Å²) in [6.07, 6.45) is 0. The van der Waals surface area contributed by atoms with Crippen molar-refractivity contribution in [1.82, 2.24) is 0 Å². The van der Waals surface area contributed by atoms with Gasteiger partial charge < -0.3 is 15.2 Å². The van der Waals surface area contributed by atoms with Gasteiger partial charge in [0.25, 0.3) is 0 Å². The van der Waals surface area contributed by atoms with E-state index in [1.807, 2.05) is 24.3 Å². The molecule has 0 aliphatic heterocycles. The summed E-state index contributed by atoms with van der Waals surface area (Å²) >= 11 is 3.09. The highest BCUT2D eigenvalue weighted by Gasteiger charge is 2.01. The molecule has 0 radical (unpaired) electrons. The summed E-state index contributed by atoms with van der Waals surface area (Å²) in [5, 5.41) is 0. The van der Waals surface area contributed by atoms with E-state index in [0.717, 1.165) is 11.3 Å². The lowest BCUT2D eigenvalue weighted by molar-refractivity contribution is 0.216. The number of nitrogens with two attached hydrogens (primary N) is 1. The number of benzene rings is 2. The molecule has 2 rings (SSSR count). The molecule has 0 aliphatic rings. The van der Waals surface area contributed by atoms with Crippen LogP contribution in [0.2, 0.25) is 0 Å². The van der Waals surface area contributed by atoms with Crippen molar-refractivity contribution in [1.29, 1.82) is 0 Å². The van der Waals surface area contributed by atoms with Crippen molar-refractivity contribution >= 4 is 15.9 Å². The van der Waals surface area contributed by atoms with E-state index in [-0.39, 0.29) is 5.82 Å². The van der Waals surface area contributed by atoms with Crippen molar-refractivity contribution in [3.05, 3.63) is 58.3 Å². The molecule has 0 aliphatic carbocycles. The van der Waals surface area contributed by atoms with Gasteiger partial charge in [0.1, 0.15) is 30.5 Å². The molecule has 0 amide bonds. The first-order valence-corrected chi connectivity index (χ1v) is 6.98. The smallest absolute Gasteiger partial charge is 0.141 e. The molecule has 0 spiro atoms. The van der Waals surface area contributed by atoms with Crippen LogP contribution in [0.15, 0.2) is 46.9 Å². The van der Waals surface area contributed by atoms with Crippen LogP contribution in [-0.2, 0) is 6.54 Å². The zero-order chi connectivity index (χ0) is 14.4. The average molecular weight is 340 g/mol. The molecule has 0 unspecified atom stereocenters. The molecule has 0 bridgehead atoms. The molecule has 106 valence electrons. The van der Waals surface area contributed by atoms with E-state index >= 15 is 0 Å². The van der Waals surface area contributed by atoms with Gasteiger partial charge in [-0.3, -0.25) is 0 Å². The Balaban J connectivity index is 1.76. The summed E-state index contributed by atoms with van der Waals surface area (Å²) < 4.78 is 24.6. The molecule has 0 aromatic heterocycles. The number of hydrogen-bond donors (Lipinski definition) is 1. The third-order valence-electron chi connectivity index (χ3n) is 2.67. The van der Waals surface area contributed by atoms with Crippen LogP contribution >= 0.6 is 15.9 Å². The third kappa shape index (κ3) is 4.21. The van der Waals surface area contributed by atoms with Gasteiger partial charge in [0.15, 0.2) is 0 Å². The zero-order valence-corrected chi connectivity index (χ0v) is 12.4. The Labute approximate surface area is 125 Å². The molecular weight excluding hydrogens is 325 g/mol. The zero-order valence-electron chi connectivity index (χ0n) is 10.8. The number of rotatable bonds is 6. The fraction of sp³-hybridized carbons (Fsp3) is 0.200. The van der Waals surface area contributed by atoms with Crippen LogP contribution in [0.1, 0.15) is 5.56 Å². The van der Waals surface area contributed by atoms with Crippen molar-refractivity contribution in [3.8, 4) is 11.5 Å². The van der Waals surface area contributed by atoms with Crippen molar-refractivity contribution in [2.45, 2.75) is 6.54 Å². The maximum absolute atomic E-state index is 13.3. The predicted octanol–water partition coefficient (Wildman–Crippen LogP) is 3.50. The number of halogens is 2. The third-order valence-corrected chi connectivity index (χ3v) is 3.31. The first-order valence-electron chi connectivity index (χ1n) is 6.18. The minimum Gasteiger partial charge on any atom is -0.490 e. The van der Waals surface area contributed by atoms with E-state index in [4.69, 9.17) is 15.2 Å². The first kappa shape index (κ1) is 14.8. The molecular formula is C15H15BrFNO2. The fourth-order valence-electron chi connectivity index (χ4n) is 1.61. The van der Waals surface area contributed by atoms with Gasteiger partial charge in [0.2, 0.25) is 0 Å². The maximum Gasteiger partial charge on any atom is 0.141 e. The van der Waals surface area contributed by atoms with Gasteiger partial charge >= 0.3 is 0 Å². The SMILES string of the molecule is NCc1ccc(OCCOc2ccc(Br)c(F)c2)cc1. The van der Waals surface area contributed by atoms with Crippen LogP contribution in [-0.4, -0.2) is 13.2 Å². The Morgan fingerprint density at radius 3 is 2.15 bits per heavy atom. The Morgan fingerprint density at radius 1 is 0.950 bits per heavy atom. The number of ether oxygens (including phenoxy) is 2. The summed E-state index contributed by atoms with van der Waals surface area (Å²) in [6, 6.07) is 12.2. The van der Waals surface area contributed by atoms with Crippen LogP contribution in [0, 0.1) is 5.82 Å². The molecule has 2 aromatic carbocycles. The van der Waals surface area contributed by atoms with Gasteiger partial charge in [-0.05, 0) is 45.8 Å². The van der Waals surface area contributed by atoms with Gasteiger partial charge in [-0.15, -0.1) is 0 Å². The summed E-state index contributed by atoms with van der Waals surface area (Å²) in [4.78, 5) is 0. The highest BCUT2D eigenvalue weighted by Crippen LogP contribution is 2.20. The normalized spacial score (nSPS) is 10.3. The molecule has 20 heavy (non-hydrogen) atoms. The maximum atomic E-state index is 13.3. The van der Waals surface area contributed by atoms with Gasteiger partial charge in [-0.2, -0.15) is 0 Å². The minimum atomic E-state index is -0.346. The van der Waals surface area contributed by atoms with Crippen LogP contribution in [0.25, 0.3) is 0 Å². The van der Waals surface area contributed by atoms with Gasteiger partial charge in [-0.25, -0.2) is 4.39 Å². The van der Waals surface area contributed by atoms with Crippen molar-refractivity contribution in [3.63, 3.8) is 0 Å². The topological polar surface area (TPSA) is 44.5 Å². The summed E-state index contributed by atoms with van der Waals surface area (Å²) in [6.45, 7) is 1.25. The summed E-state index contributed by atoms with van der Waals surface area (Å²) in [5.41, 5.74) is 6.57. The molecule has 2 aromatic rings. The van der Waals surface area contributed by atoms with Crippen molar-refractivity contribution in [2.24, 2.45) is 5.73 Å². The van der Waals surface area contributed by atoms with E-state index < -0.39 is 0 Å². The van der Waals surface area contributed by atoms with Gasteiger partial charge in [-0.1, -0.05) is 12.1 Å². The first-order chi connectivity index (χ1) is 9.69. The summed E-state index contributed by atoms with van der Waals surface area (Å²) in [7, 11) is 0. The molecule has 0 heterocycles. The standard InChI is InChI=1S/C15H15BrFNO2/c16-14-6-5-13(9-15(14)17)20-8-7-19-12-3-1-11(10-18)2-4-12/h1-6,9H,7-8,10,18H2. The van der Waals surface area contributed by atoms with Crippen LogP contribution in [0.5, 0.6) is 11.5 Å². The van der Waals surface area contributed by atoms with Gasteiger partial charge in [0.05, 0.1) is 4.47 Å². The van der Waals surface area contributed by atoms with E-state index in [9.17, 15) is 4.39 Å². The van der Waals surface area contributed by atoms with E-state index in [0.29, 0.717) is 30.0 Å². The summed E-state index contributed by atoms with van der Waals surface area (Å²) in [5.74, 6) is 0.890. The Morgan fingerprint density at radius 2 is 1.55 bits per heavy atom. The highest BCUT2D eigenvalue weighted by atomic mass is 79.9.